The van der Waals surface area contributed by atoms with Gasteiger partial charge in [0.1, 0.15) is 5.57 Å². The maximum absolute atomic E-state index is 13.2. The topological polar surface area (TPSA) is 83.9 Å². The molecule has 0 spiro atoms. The molecule has 0 aliphatic carbocycles. The highest BCUT2D eigenvalue weighted by molar-refractivity contribution is 6.23. The van der Waals surface area contributed by atoms with Crippen molar-refractivity contribution in [3.63, 3.8) is 0 Å². The van der Waals surface area contributed by atoms with E-state index in [1.165, 1.54) is 4.90 Å². The fourth-order valence-electron chi connectivity index (χ4n) is 3.60. The van der Waals surface area contributed by atoms with E-state index in [0.29, 0.717) is 11.3 Å². The number of aliphatic hydroxyl groups is 1. The molecule has 1 aliphatic heterocycles. The van der Waals surface area contributed by atoms with Crippen molar-refractivity contribution in [1.29, 1.82) is 0 Å². The van der Waals surface area contributed by atoms with E-state index in [9.17, 15) is 19.5 Å². The first-order valence-corrected chi connectivity index (χ1v) is 9.84. The molecule has 0 bridgehead atoms. The molecular weight excluding hydrogens is 382 g/mol. The Kier molecular flexibility index (Phi) is 6.17. The highest BCUT2D eigenvalue weighted by Crippen LogP contribution is 2.37. The zero-order valence-electron chi connectivity index (χ0n) is 17.3. The molecule has 0 fully saturated rings. The Morgan fingerprint density at radius 2 is 1.67 bits per heavy atom. The second-order valence-electron chi connectivity index (χ2n) is 7.36. The summed E-state index contributed by atoms with van der Waals surface area (Å²) in [4.78, 5) is 39.9. The number of ketones is 2. The van der Waals surface area contributed by atoms with E-state index in [4.69, 9.17) is 4.74 Å². The van der Waals surface area contributed by atoms with E-state index >= 15 is 0 Å². The monoisotopic (exact) mass is 407 g/mol. The van der Waals surface area contributed by atoms with Gasteiger partial charge in [0.2, 0.25) is 11.5 Å². The number of hydrogen-bond donors (Lipinski definition) is 1. The van der Waals surface area contributed by atoms with E-state index in [1.54, 1.807) is 38.1 Å². The third-order valence-electron chi connectivity index (χ3n) is 5.25. The van der Waals surface area contributed by atoms with Gasteiger partial charge in [-0.3, -0.25) is 9.59 Å². The molecule has 3 rings (SSSR count). The summed E-state index contributed by atoms with van der Waals surface area (Å²) < 4.78 is 5.02. The molecule has 1 N–H and O–H groups in total. The Morgan fingerprint density at radius 3 is 2.27 bits per heavy atom. The Bertz CT molecular complexity index is 994. The first kappa shape index (κ1) is 21.5. The lowest BCUT2D eigenvalue weighted by Crippen LogP contribution is -2.50. The summed E-state index contributed by atoms with van der Waals surface area (Å²) in [6.45, 7) is 5.40. The number of ether oxygens (including phenoxy) is 1. The highest BCUT2D eigenvalue weighted by atomic mass is 16.5. The van der Waals surface area contributed by atoms with Gasteiger partial charge in [0.15, 0.2) is 5.78 Å². The second kappa shape index (κ2) is 8.63. The van der Waals surface area contributed by atoms with Crippen molar-refractivity contribution < 1.29 is 24.2 Å². The smallest absolute Gasteiger partial charge is 0.343 e. The van der Waals surface area contributed by atoms with E-state index < -0.39 is 23.9 Å². The van der Waals surface area contributed by atoms with Crippen LogP contribution in [0.5, 0.6) is 0 Å². The number of esters is 1. The van der Waals surface area contributed by atoms with E-state index in [0.717, 1.165) is 11.1 Å². The second-order valence-corrected chi connectivity index (χ2v) is 7.36. The average Bonchev–Trinajstić information content (AvgIpc) is 2.90. The lowest BCUT2D eigenvalue weighted by molar-refractivity contribution is -0.151. The molecule has 2 aromatic rings. The number of hydrogen-bond acceptors (Lipinski definition) is 6. The summed E-state index contributed by atoms with van der Waals surface area (Å²) in [5, 5.41) is 11.4. The third-order valence-corrected chi connectivity index (χ3v) is 5.25. The molecule has 0 amide bonds. The standard InChI is InChI=1S/C24H25NO5/c1-4-30-23(28)21-17(3)25(15-18-8-6-5-7-9-18)24(29,22(21)27)14-20(26)19-12-10-16(2)11-13-19/h5-13,29H,4,14-15H2,1-3H3. The van der Waals surface area contributed by atoms with Gasteiger partial charge in [-0.2, -0.15) is 0 Å². The van der Waals surface area contributed by atoms with Gasteiger partial charge >= 0.3 is 5.97 Å². The molecule has 6 nitrogen and oxygen atoms in total. The SMILES string of the molecule is CCOC(=O)C1=C(C)N(Cc2ccccc2)C(O)(CC(=O)c2ccc(C)cc2)C1=O. The van der Waals surface area contributed by atoms with Crippen LogP contribution in [0.15, 0.2) is 65.9 Å². The summed E-state index contributed by atoms with van der Waals surface area (Å²) in [7, 11) is 0. The van der Waals surface area contributed by atoms with Gasteiger partial charge in [0.05, 0.1) is 13.0 Å². The number of benzene rings is 2. The van der Waals surface area contributed by atoms with Gasteiger partial charge in [0, 0.05) is 17.8 Å². The van der Waals surface area contributed by atoms with Gasteiger partial charge in [-0.15, -0.1) is 0 Å². The zero-order chi connectivity index (χ0) is 21.9. The molecule has 0 radical (unpaired) electrons. The first-order valence-electron chi connectivity index (χ1n) is 9.84. The van der Waals surface area contributed by atoms with Crippen molar-refractivity contribution in [2.75, 3.05) is 6.61 Å². The van der Waals surface area contributed by atoms with Crippen LogP contribution in [0.4, 0.5) is 0 Å². The van der Waals surface area contributed by atoms with Crippen LogP contribution in [0, 0.1) is 6.92 Å². The fraction of sp³-hybridized carbons (Fsp3) is 0.292. The first-order chi connectivity index (χ1) is 14.3. The molecule has 1 unspecified atom stereocenters. The van der Waals surface area contributed by atoms with Crippen LogP contribution in [0.3, 0.4) is 0 Å². The summed E-state index contributed by atoms with van der Waals surface area (Å²) in [6.07, 6.45) is -0.470. The summed E-state index contributed by atoms with van der Waals surface area (Å²) in [5.41, 5.74) is 0.132. The Balaban J connectivity index is 1.98. The molecule has 0 saturated heterocycles. The lowest BCUT2D eigenvalue weighted by Gasteiger charge is -2.35. The van der Waals surface area contributed by atoms with Crippen molar-refractivity contribution in [3.05, 3.63) is 82.6 Å². The highest BCUT2D eigenvalue weighted by Gasteiger charge is 2.53. The van der Waals surface area contributed by atoms with E-state index in [1.807, 2.05) is 37.3 Å². The van der Waals surface area contributed by atoms with Crippen LogP contribution >= 0.6 is 0 Å². The minimum absolute atomic E-state index is 0.0995. The molecule has 1 atom stereocenters. The lowest BCUT2D eigenvalue weighted by atomic mass is 9.95. The van der Waals surface area contributed by atoms with Crippen LogP contribution in [0.25, 0.3) is 0 Å². The number of carbonyl (C=O) groups is 3. The Labute approximate surface area is 175 Å². The van der Waals surface area contributed by atoms with E-state index in [-0.39, 0.29) is 24.5 Å². The van der Waals surface area contributed by atoms with Gasteiger partial charge in [-0.1, -0.05) is 60.2 Å². The summed E-state index contributed by atoms with van der Waals surface area (Å²) in [6, 6.07) is 16.2. The predicted octanol–water partition coefficient (Wildman–Crippen LogP) is 3.18. The number of Topliss-reactive ketones (excluding diaryl/α,β-unsaturated/α-hetero) is 2. The van der Waals surface area contributed by atoms with Gasteiger partial charge in [-0.25, -0.2) is 4.79 Å². The Hall–Kier alpha value is -3.25. The molecule has 30 heavy (non-hydrogen) atoms. The van der Waals surface area contributed by atoms with Gasteiger partial charge in [-0.05, 0) is 26.3 Å². The molecule has 1 heterocycles. The van der Waals surface area contributed by atoms with Crippen molar-refractivity contribution in [2.45, 2.75) is 39.5 Å². The van der Waals surface area contributed by atoms with Crippen molar-refractivity contribution in [3.8, 4) is 0 Å². The predicted molar refractivity (Wildman–Crippen MR) is 111 cm³/mol. The minimum Gasteiger partial charge on any atom is -0.462 e. The molecule has 0 aromatic heterocycles. The number of nitrogens with zero attached hydrogens (tertiary/aromatic N) is 1. The maximum atomic E-state index is 13.2. The summed E-state index contributed by atoms with van der Waals surface area (Å²) >= 11 is 0. The quantitative estimate of drug-likeness (QED) is 0.431. The number of allylic oxidation sites excluding steroid dienone is 1. The molecular formula is C24H25NO5. The molecule has 0 saturated carbocycles. The number of carbonyl (C=O) groups excluding carboxylic acids is 3. The minimum atomic E-state index is -2.16. The van der Waals surface area contributed by atoms with Crippen LogP contribution in [-0.2, 0) is 20.9 Å². The number of aryl methyl sites for hydroxylation is 1. The van der Waals surface area contributed by atoms with Crippen molar-refractivity contribution in [1.82, 2.24) is 4.90 Å². The van der Waals surface area contributed by atoms with Crippen molar-refractivity contribution >= 4 is 17.5 Å². The van der Waals surface area contributed by atoms with E-state index in [2.05, 4.69) is 0 Å². The molecule has 1 aliphatic rings. The summed E-state index contributed by atoms with van der Waals surface area (Å²) in [5.74, 6) is -1.99. The third kappa shape index (κ3) is 4.04. The van der Waals surface area contributed by atoms with Crippen LogP contribution in [0.2, 0.25) is 0 Å². The van der Waals surface area contributed by atoms with Crippen LogP contribution in [-0.4, -0.2) is 39.9 Å². The van der Waals surface area contributed by atoms with Gasteiger partial charge < -0.3 is 14.7 Å². The van der Waals surface area contributed by atoms with Crippen LogP contribution < -0.4 is 0 Å². The number of rotatable bonds is 7. The largest absolute Gasteiger partial charge is 0.462 e. The van der Waals surface area contributed by atoms with Gasteiger partial charge in [0.25, 0.3) is 0 Å². The zero-order valence-corrected chi connectivity index (χ0v) is 17.3. The molecule has 6 heteroatoms. The average molecular weight is 407 g/mol. The van der Waals surface area contributed by atoms with Crippen molar-refractivity contribution in [2.24, 2.45) is 0 Å². The normalized spacial score (nSPS) is 18.7. The van der Waals surface area contributed by atoms with Crippen LogP contribution in [0.1, 0.15) is 41.8 Å². The Morgan fingerprint density at radius 1 is 1.03 bits per heavy atom. The fourth-order valence-corrected chi connectivity index (χ4v) is 3.60. The maximum Gasteiger partial charge on any atom is 0.343 e. The molecule has 2 aromatic carbocycles. The molecule has 156 valence electrons.